The van der Waals surface area contributed by atoms with Crippen molar-refractivity contribution in [1.82, 2.24) is 5.32 Å². The highest BCUT2D eigenvalue weighted by molar-refractivity contribution is 5.76. The van der Waals surface area contributed by atoms with E-state index in [-0.39, 0.29) is 12.5 Å². The molecule has 0 saturated carbocycles. The maximum absolute atomic E-state index is 12.1. The van der Waals surface area contributed by atoms with E-state index < -0.39 is 12.1 Å². The second-order valence-corrected chi connectivity index (χ2v) is 8.61. The van der Waals surface area contributed by atoms with Gasteiger partial charge in [0.1, 0.15) is 0 Å². The van der Waals surface area contributed by atoms with Gasteiger partial charge in [-0.05, 0) is 12.0 Å². The fourth-order valence-electron chi connectivity index (χ4n) is 3.84. The van der Waals surface area contributed by atoms with Crippen molar-refractivity contribution >= 4 is 5.91 Å². The van der Waals surface area contributed by atoms with Crippen LogP contribution in [0.15, 0.2) is 30.3 Å². The molecule has 2 atom stereocenters. The first-order valence-electron chi connectivity index (χ1n) is 12.3. The molecule has 0 unspecified atom stereocenters. The molecule has 0 spiro atoms. The number of nitrogens with one attached hydrogen (secondary N) is 1. The fourth-order valence-corrected chi connectivity index (χ4v) is 3.84. The molecule has 0 aliphatic rings. The smallest absolute Gasteiger partial charge is 0.220 e. The summed E-state index contributed by atoms with van der Waals surface area (Å²) in [6.45, 7) is 2.01. The van der Waals surface area contributed by atoms with Crippen molar-refractivity contribution in [1.29, 1.82) is 0 Å². The number of unbranched alkanes of at least 4 members (excludes halogenated alkanes) is 12. The van der Waals surface area contributed by atoms with Crippen LogP contribution in [-0.4, -0.2) is 34.9 Å². The Hall–Kier alpha value is -1.39. The first kappa shape index (κ1) is 26.6. The van der Waals surface area contributed by atoms with E-state index in [9.17, 15) is 15.0 Å². The number of aliphatic hydroxyl groups excluding tert-OH is 2. The summed E-state index contributed by atoms with van der Waals surface area (Å²) in [5, 5.41) is 22.6. The van der Waals surface area contributed by atoms with Crippen LogP contribution in [0.5, 0.6) is 0 Å². The van der Waals surface area contributed by atoms with Gasteiger partial charge in [-0.2, -0.15) is 0 Å². The Kier molecular flexibility index (Phi) is 16.3. The van der Waals surface area contributed by atoms with Crippen molar-refractivity contribution in [2.75, 3.05) is 6.61 Å². The van der Waals surface area contributed by atoms with E-state index in [2.05, 4.69) is 12.2 Å². The molecule has 1 aromatic carbocycles. The molecule has 0 aliphatic heterocycles. The van der Waals surface area contributed by atoms with Crippen molar-refractivity contribution in [2.45, 2.75) is 115 Å². The molecule has 3 N–H and O–H groups in total. The average Bonchev–Trinajstić information content (AvgIpc) is 2.76. The molecule has 4 nitrogen and oxygen atoms in total. The van der Waals surface area contributed by atoms with E-state index in [0.717, 1.165) is 18.4 Å². The first-order chi connectivity index (χ1) is 14.7. The largest absolute Gasteiger partial charge is 0.394 e. The number of amides is 1. The minimum Gasteiger partial charge on any atom is -0.394 e. The summed E-state index contributed by atoms with van der Waals surface area (Å²) in [5.41, 5.74) is 0.995. The molecule has 0 saturated heterocycles. The molecule has 4 heteroatoms. The zero-order valence-electron chi connectivity index (χ0n) is 19.2. The summed E-state index contributed by atoms with van der Waals surface area (Å²) in [5.74, 6) is -0.0794. The Morgan fingerprint density at radius 3 is 1.83 bits per heavy atom. The third-order valence-electron chi connectivity index (χ3n) is 5.80. The van der Waals surface area contributed by atoms with E-state index in [1.807, 2.05) is 30.3 Å². The van der Waals surface area contributed by atoms with E-state index in [4.69, 9.17) is 0 Å². The normalized spacial score (nSPS) is 13.2. The van der Waals surface area contributed by atoms with E-state index in [1.165, 1.54) is 70.6 Å². The van der Waals surface area contributed by atoms with Gasteiger partial charge in [-0.1, -0.05) is 114 Å². The van der Waals surface area contributed by atoms with Crippen molar-refractivity contribution < 1.29 is 15.0 Å². The van der Waals surface area contributed by atoms with Crippen LogP contribution < -0.4 is 5.32 Å². The first-order valence-corrected chi connectivity index (χ1v) is 12.3. The zero-order chi connectivity index (χ0) is 21.9. The van der Waals surface area contributed by atoms with Gasteiger partial charge < -0.3 is 15.5 Å². The lowest BCUT2D eigenvalue weighted by Gasteiger charge is -2.22. The van der Waals surface area contributed by atoms with Crippen molar-refractivity contribution in [3.63, 3.8) is 0 Å². The zero-order valence-corrected chi connectivity index (χ0v) is 19.2. The quantitative estimate of drug-likeness (QED) is 0.258. The van der Waals surface area contributed by atoms with Gasteiger partial charge in [-0.3, -0.25) is 4.79 Å². The standard InChI is InChI=1S/C26H45NO3/c1-2-3-4-5-6-7-8-9-10-11-12-13-17-20-26(30)27-24(22-28)25(29)21-23-18-15-14-16-19-23/h14-16,18-19,24-25,28-29H,2-13,17,20-22H2,1H3,(H,27,30)/t24-,25+/m0/s1. The lowest BCUT2D eigenvalue weighted by atomic mass is 10.0. The Bertz CT molecular complexity index is 520. The van der Waals surface area contributed by atoms with Gasteiger partial charge in [0.15, 0.2) is 0 Å². The predicted molar refractivity (Wildman–Crippen MR) is 125 cm³/mol. The molecule has 0 bridgehead atoms. The van der Waals surface area contributed by atoms with Gasteiger partial charge in [-0.15, -0.1) is 0 Å². The van der Waals surface area contributed by atoms with Crippen LogP contribution in [0.3, 0.4) is 0 Å². The molecule has 30 heavy (non-hydrogen) atoms. The molecule has 172 valence electrons. The minimum atomic E-state index is -0.784. The van der Waals surface area contributed by atoms with Gasteiger partial charge in [0.25, 0.3) is 0 Å². The highest BCUT2D eigenvalue weighted by atomic mass is 16.3. The number of rotatable bonds is 19. The van der Waals surface area contributed by atoms with Gasteiger partial charge in [-0.25, -0.2) is 0 Å². The lowest BCUT2D eigenvalue weighted by molar-refractivity contribution is -0.123. The number of carbonyl (C=O) groups is 1. The summed E-state index contributed by atoms with van der Waals surface area (Å²) in [4.78, 5) is 12.1. The summed E-state index contributed by atoms with van der Waals surface area (Å²) in [6.07, 6.45) is 16.8. The number of hydrogen-bond acceptors (Lipinski definition) is 3. The van der Waals surface area contributed by atoms with E-state index in [0.29, 0.717) is 12.8 Å². The number of carbonyl (C=O) groups excluding carboxylic acids is 1. The monoisotopic (exact) mass is 419 g/mol. The average molecular weight is 420 g/mol. The number of benzene rings is 1. The molecular formula is C26H45NO3. The van der Waals surface area contributed by atoms with E-state index in [1.54, 1.807) is 0 Å². The summed E-state index contributed by atoms with van der Waals surface area (Å²) >= 11 is 0. The Morgan fingerprint density at radius 2 is 1.33 bits per heavy atom. The summed E-state index contributed by atoms with van der Waals surface area (Å²) in [6, 6.07) is 9.03. The number of aliphatic hydroxyl groups is 2. The molecule has 0 aromatic heterocycles. The molecule has 1 amide bonds. The van der Waals surface area contributed by atoms with Crippen LogP contribution in [0.1, 0.15) is 102 Å². The van der Waals surface area contributed by atoms with Gasteiger partial charge >= 0.3 is 0 Å². The summed E-state index contributed by atoms with van der Waals surface area (Å²) in [7, 11) is 0. The summed E-state index contributed by atoms with van der Waals surface area (Å²) < 4.78 is 0. The van der Waals surface area contributed by atoms with Crippen molar-refractivity contribution in [2.24, 2.45) is 0 Å². The number of hydrogen-bond donors (Lipinski definition) is 3. The van der Waals surface area contributed by atoms with Gasteiger partial charge in [0.2, 0.25) is 5.91 Å². The highest BCUT2D eigenvalue weighted by Gasteiger charge is 2.20. The molecule has 1 rings (SSSR count). The second-order valence-electron chi connectivity index (χ2n) is 8.61. The molecule has 1 aromatic rings. The fraction of sp³-hybridized carbons (Fsp3) is 0.731. The van der Waals surface area contributed by atoms with Crippen molar-refractivity contribution in [3.8, 4) is 0 Å². The van der Waals surface area contributed by atoms with Crippen LogP contribution in [0.4, 0.5) is 0 Å². The minimum absolute atomic E-state index is 0.0794. The molecular weight excluding hydrogens is 374 g/mol. The predicted octanol–water partition coefficient (Wildman–Crippen LogP) is 5.55. The Balaban J connectivity index is 2.00. The Morgan fingerprint density at radius 1 is 0.833 bits per heavy atom. The lowest BCUT2D eigenvalue weighted by Crippen LogP contribution is -2.46. The SMILES string of the molecule is CCCCCCCCCCCCCCCC(=O)N[C@@H](CO)[C@H](O)Cc1ccccc1. The molecule has 0 radical (unpaired) electrons. The van der Waals surface area contributed by atoms with Gasteiger partial charge in [0, 0.05) is 12.8 Å². The van der Waals surface area contributed by atoms with Crippen LogP contribution in [-0.2, 0) is 11.2 Å². The molecule has 0 fully saturated rings. The van der Waals surface area contributed by atoms with Crippen LogP contribution in [0.25, 0.3) is 0 Å². The third kappa shape index (κ3) is 13.8. The third-order valence-corrected chi connectivity index (χ3v) is 5.80. The maximum atomic E-state index is 12.1. The van der Waals surface area contributed by atoms with Crippen molar-refractivity contribution in [3.05, 3.63) is 35.9 Å². The van der Waals surface area contributed by atoms with E-state index >= 15 is 0 Å². The highest BCUT2D eigenvalue weighted by Crippen LogP contribution is 2.13. The molecule has 0 aliphatic carbocycles. The van der Waals surface area contributed by atoms with Gasteiger partial charge in [0.05, 0.1) is 18.8 Å². The van der Waals surface area contributed by atoms with Crippen LogP contribution >= 0.6 is 0 Å². The topological polar surface area (TPSA) is 69.6 Å². The van der Waals surface area contributed by atoms with Crippen LogP contribution in [0, 0.1) is 0 Å². The second kappa shape index (κ2) is 18.4. The Labute approximate surface area is 184 Å². The molecule has 0 heterocycles. The maximum Gasteiger partial charge on any atom is 0.220 e. The van der Waals surface area contributed by atoms with Crippen LogP contribution in [0.2, 0.25) is 0 Å².